The van der Waals surface area contributed by atoms with E-state index in [0.29, 0.717) is 25.5 Å². The molecule has 5 nitrogen and oxygen atoms in total. The topological polar surface area (TPSA) is 64.7 Å². The first-order valence-corrected chi connectivity index (χ1v) is 10.2. The molecular weight excluding hydrogens is 455 g/mol. The van der Waals surface area contributed by atoms with Crippen molar-refractivity contribution in [3.63, 3.8) is 0 Å². The zero-order chi connectivity index (χ0) is 20.8. The Morgan fingerprint density at radius 2 is 1.76 bits per heavy atom. The maximum absolute atomic E-state index is 11.5. The van der Waals surface area contributed by atoms with E-state index in [4.69, 9.17) is 39.6 Å². The van der Waals surface area contributed by atoms with Gasteiger partial charge >= 0.3 is 0 Å². The summed E-state index contributed by atoms with van der Waals surface area (Å²) in [4.78, 5) is 17.6. The number of nitrogens with zero attached hydrogens (tertiary/aromatic N) is 2. The van der Waals surface area contributed by atoms with Crippen LogP contribution >= 0.6 is 46.6 Å². The molecule has 3 aromatic rings. The molecular formula is C20H13Cl3N2O3S. The maximum atomic E-state index is 11.5. The SMILES string of the molecule is O=[N+]([O-])c1cc(/C=N/OCc2ccc(Cl)c(Cl)c2)ccc1Sc1ccc(Cl)cc1. The van der Waals surface area contributed by atoms with Gasteiger partial charge in [0.05, 0.1) is 26.1 Å². The molecule has 0 N–H and O–H groups in total. The average molecular weight is 468 g/mol. The summed E-state index contributed by atoms with van der Waals surface area (Å²) in [6.07, 6.45) is 1.42. The van der Waals surface area contributed by atoms with Crippen LogP contribution in [0.15, 0.2) is 75.6 Å². The van der Waals surface area contributed by atoms with Crippen LogP contribution in [0.25, 0.3) is 0 Å². The molecule has 3 rings (SSSR count). The van der Waals surface area contributed by atoms with E-state index in [1.54, 1.807) is 42.5 Å². The van der Waals surface area contributed by atoms with E-state index in [1.165, 1.54) is 24.0 Å². The zero-order valence-electron chi connectivity index (χ0n) is 14.7. The third kappa shape index (κ3) is 6.11. The van der Waals surface area contributed by atoms with Crippen molar-refractivity contribution >= 4 is 58.5 Å². The number of halogens is 3. The van der Waals surface area contributed by atoms with Crippen LogP contribution in [0.4, 0.5) is 5.69 Å². The van der Waals surface area contributed by atoms with E-state index >= 15 is 0 Å². The van der Waals surface area contributed by atoms with Gasteiger partial charge in [-0.25, -0.2) is 0 Å². The minimum absolute atomic E-state index is 0.0154. The molecule has 0 radical (unpaired) electrons. The van der Waals surface area contributed by atoms with Gasteiger partial charge < -0.3 is 4.84 Å². The Morgan fingerprint density at radius 3 is 2.45 bits per heavy atom. The van der Waals surface area contributed by atoms with Gasteiger partial charge in [0.1, 0.15) is 6.61 Å². The van der Waals surface area contributed by atoms with Gasteiger partial charge in [0, 0.05) is 21.5 Å². The number of nitro groups is 1. The molecule has 148 valence electrons. The number of hydrogen-bond acceptors (Lipinski definition) is 5. The van der Waals surface area contributed by atoms with E-state index in [2.05, 4.69) is 5.16 Å². The van der Waals surface area contributed by atoms with E-state index in [-0.39, 0.29) is 12.3 Å². The van der Waals surface area contributed by atoms with Crippen LogP contribution in [-0.4, -0.2) is 11.1 Å². The normalized spacial score (nSPS) is 11.0. The quantitative estimate of drug-likeness (QED) is 0.208. The second-order valence-electron chi connectivity index (χ2n) is 5.80. The fourth-order valence-electron chi connectivity index (χ4n) is 2.31. The molecule has 0 unspecified atom stereocenters. The fourth-order valence-corrected chi connectivity index (χ4v) is 3.66. The molecule has 29 heavy (non-hydrogen) atoms. The molecule has 0 aliphatic heterocycles. The number of rotatable bonds is 7. The predicted octanol–water partition coefficient (Wildman–Crippen LogP) is 7.26. The van der Waals surface area contributed by atoms with E-state index in [1.807, 2.05) is 12.1 Å². The Balaban J connectivity index is 1.68. The van der Waals surface area contributed by atoms with Crippen molar-refractivity contribution in [2.45, 2.75) is 16.4 Å². The van der Waals surface area contributed by atoms with Crippen molar-refractivity contribution in [3.05, 3.63) is 97.0 Å². The molecule has 0 amide bonds. The van der Waals surface area contributed by atoms with Crippen molar-refractivity contribution < 1.29 is 9.76 Å². The Kier molecular flexibility index (Phi) is 7.39. The summed E-state index contributed by atoms with van der Waals surface area (Å²) in [7, 11) is 0. The largest absolute Gasteiger partial charge is 0.391 e. The number of nitro benzene ring substituents is 1. The van der Waals surface area contributed by atoms with Gasteiger partial charge in [-0.3, -0.25) is 10.1 Å². The van der Waals surface area contributed by atoms with Crippen LogP contribution in [0.5, 0.6) is 0 Å². The molecule has 9 heteroatoms. The third-order valence-electron chi connectivity index (χ3n) is 3.71. The molecule has 0 heterocycles. The first-order chi connectivity index (χ1) is 13.9. The smallest absolute Gasteiger partial charge is 0.283 e. The Labute approximate surface area is 186 Å². The fraction of sp³-hybridized carbons (Fsp3) is 0.0500. The van der Waals surface area contributed by atoms with Crippen molar-refractivity contribution in [1.82, 2.24) is 0 Å². The lowest BCUT2D eigenvalue weighted by molar-refractivity contribution is -0.387. The predicted molar refractivity (Wildman–Crippen MR) is 118 cm³/mol. The lowest BCUT2D eigenvalue weighted by Gasteiger charge is -2.05. The van der Waals surface area contributed by atoms with Crippen molar-refractivity contribution in [2.75, 3.05) is 0 Å². The maximum Gasteiger partial charge on any atom is 0.283 e. The van der Waals surface area contributed by atoms with Crippen LogP contribution in [0.2, 0.25) is 15.1 Å². The molecule has 0 aliphatic carbocycles. The van der Waals surface area contributed by atoms with Gasteiger partial charge in [-0.1, -0.05) is 63.9 Å². The highest BCUT2D eigenvalue weighted by Gasteiger charge is 2.15. The Morgan fingerprint density at radius 1 is 1.00 bits per heavy atom. The summed E-state index contributed by atoms with van der Waals surface area (Å²) in [6.45, 7) is 0.194. The highest BCUT2D eigenvalue weighted by atomic mass is 35.5. The molecule has 0 bridgehead atoms. The summed E-state index contributed by atoms with van der Waals surface area (Å²) < 4.78 is 0. The van der Waals surface area contributed by atoms with Gasteiger partial charge in [-0.15, -0.1) is 0 Å². The highest BCUT2D eigenvalue weighted by Crippen LogP contribution is 2.35. The van der Waals surface area contributed by atoms with Crippen LogP contribution in [0, 0.1) is 10.1 Å². The monoisotopic (exact) mass is 466 g/mol. The van der Waals surface area contributed by atoms with E-state index in [0.717, 1.165) is 10.5 Å². The number of benzene rings is 3. The Hall–Kier alpha value is -2.25. The standard InChI is InChI=1S/C20H13Cl3N2O3S/c21-15-3-5-16(6-4-15)29-20-8-2-13(10-19(20)25(26)27)11-24-28-12-14-1-7-17(22)18(23)9-14/h1-11H,12H2/b24-11+. The van der Waals surface area contributed by atoms with Crippen LogP contribution in [0.3, 0.4) is 0 Å². The molecule has 0 spiro atoms. The van der Waals surface area contributed by atoms with Crippen molar-refractivity contribution in [1.29, 1.82) is 0 Å². The summed E-state index contributed by atoms with van der Waals surface area (Å²) in [6, 6.07) is 17.1. The van der Waals surface area contributed by atoms with E-state index in [9.17, 15) is 10.1 Å². The lowest BCUT2D eigenvalue weighted by atomic mass is 10.2. The van der Waals surface area contributed by atoms with Crippen molar-refractivity contribution in [3.8, 4) is 0 Å². The zero-order valence-corrected chi connectivity index (χ0v) is 17.8. The molecule has 0 fully saturated rings. The van der Waals surface area contributed by atoms with Gasteiger partial charge in [0.2, 0.25) is 0 Å². The van der Waals surface area contributed by atoms with Crippen molar-refractivity contribution in [2.24, 2.45) is 5.16 Å². The van der Waals surface area contributed by atoms with Gasteiger partial charge in [-0.05, 0) is 48.0 Å². The van der Waals surface area contributed by atoms with Crippen LogP contribution < -0.4 is 0 Å². The van der Waals surface area contributed by atoms with Crippen LogP contribution in [0.1, 0.15) is 11.1 Å². The summed E-state index contributed by atoms with van der Waals surface area (Å²) in [5.74, 6) is 0. The van der Waals surface area contributed by atoms with Crippen LogP contribution in [-0.2, 0) is 11.4 Å². The second kappa shape index (κ2) is 9.98. The first kappa shape index (κ1) is 21.5. The van der Waals surface area contributed by atoms with Gasteiger partial charge in [0.15, 0.2) is 0 Å². The Bertz CT molecular complexity index is 1060. The van der Waals surface area contributed by atoms with E-state index < -0.39 is 4.92 Å². The second-order valence-corrected chi connectivity index (χ2v) is 8.16. The minimum Gasteiger partial charge on any atom is -0.391 e. The van der Waals surface area contributed by atoms with Gasteiger partial charge in [0.25, 0.3) is 5.69 Å². The highest BCUT2D eigenvalue weighted by molar-refractivity contribution is 7.99. The molecule has 0 atom stereocenters. The summed E-state index contributed by atoms with van der Waals surface area (Å²) >= 11 is 19.0. The molecule has 0 saturated carbocycles. The summed E-state index contributed by atoms with van der Waals surface area (Å²) in [5.41, 5.74) is 1.34. The molecule has 0 aliphatic rings. The summed E-state index contributed by atoms with van der Waals surface area (Å²) in [5, 5.41) is 16.8. The van der Waals surface area contributed by atoms with Gasteiger partial charge in [-0.2, -0.15) is 0 Å². The third-order valence-corrected chi connectivity index (χ3v) is 5.78. The molecule has 0 saturated heterocycles. The molecule has 3 aromatic carbocycles. The average Bonchev–Trinajstić information content (AvgIpc) is 2.70. The molecule has 0 aromatic heterocycles. The first-order valence-electron chi connectivity index (χ1n) is 8.23. The number of oxime groups is 1. The minimum atomic E-state index is -0.424. The number of hydrogen-bond donors (Lipinski definition) is 0. The lowest BCUT2D eigenvalue weighted by Crippen LogP contribution is -1.94.